The van der Waals surface area contributed by atoms with Crippen molar-refractivity contribution in [3.8, 4) is 11.3 Å². The fraction of sp³-hybridized carbons (Fsp3) is 0.385. The molecule has 37 heavy (non-hydrogen) atoms. The molecule has 194 valence electrons. The van der Waals surface area contributed by atoms with Crippen LogP contribution in [0.5, 0.6) is 0 Å². The van der Waals surface area contributed by atoms with E-state index < -0.39 is 23.3 Å². The van der Waals surface area contributed by atoms with Crippen molar-refractivity contribution in [2.75, 3.05) is 31.1 Å². The van der Waals surface area contributed by atoms with Crippen molar-refractivity contribution in [2.24, 2.45) is 7.05 Å². The Bertz CT molecular complexity index is 1430. The van der Waals surface area contributed by atoms with Gasteiger partial charge in [0.05, 0.1) is 17.5 Å². The second-order valence-electron chi connectivity index (χ2n) is 9.93. The van der Waals surface area contributed by atoms with Crippen molar-refractivity contribution in [3.05, 3.63) is 65.6 Å². The molecular formula is C26H29F2N7O2. The maximum atomic E-state index is 14.2. The Morgan fingerprint density at radius 3 is 2.43 bits per heavy atom. The van der Waals surface area contributed by atoms with Crippen molar-refractivity contribution in [1.29, 1.82) is 0 Å². The molecule has 0 saturated carbocycles. The summed E-state index contributed by atoms with van der Waals surface area (Å²) in [6, 6.07) is 7.04. The minimum absolute atomic E-state index is 0.306. The number of pyridine rings is 1. The van der Waals surface area contributed by atoms with Crippen LogP contribution in [0.3, 0.4) is 0 Å². The summed E-state index contributed by atoms with van der Waals surface area (Å²) in [6.45, 7) is 5.94. The standard InChI is InChI=1S/C26H29F2N7O2/c1-26(2,37)23(36)20-6-7-21-24(31-20)32-25(22(30-21)17-13-29-33(3)14-17)35-10-8-34(9-11-35)15-16-4-5-18(27)12-19(16)28/h4-7,12-14,23,36-37H,8-11,15H2,1-3H3. The van der Waals surface area contributed by atoms with Crippen LogP contribution in [-0.4, -0.2) is 71.6 Å². The molecule has 0 amide bonds. The fourth-order valence-corrected chi connectivity index (χ4v) is 4.43. The highest BCUT2D eigenvalue weighted by atomic mass is 19.1. The van der Waals surface area contributed by atoms with Gasteiger partial charge in [0.25, 0.3) is 0 Å². The molecule has 5 rings (SSSR count). The lowest BCUT2D eigenvalue weighted by Crippen LogP contribution is -2.46. The molecule has 4 heterocycles. The molecule has 3 aromatic heterocycles. The summed E-state index contributed by atoms with van der Waals surface area (Å²) in [6.07, 6.45) is 2.41. The largest absolute Gasteiger partial charge is 0.387 e. The molecule has 1 unspecified atom stereocenters. The number of aromatic nitrogens is 5. The average molecular weight is 510 g/mol. The quantitative estimate of drug-likeness (QED) is 0.409. The van der Waals surface area contributed by atoms with E-state index in [1.54, 1.807) is 23.0 Å². The first-order chi connectivity index (χ1) is 17.6. The van der Waals surface area contributed by atoms with Crippen molar-refractivity contribution >= 4 is 17.0 Å². The summed E-state index contributed by atoms with van der Waals surface area (Å²) in [4.78, 5) is 18.4. The molecular weight excluding hydrogens is 480 g/mol. The molecule has 1 atom stereocenters. The van der Waals surface area contributed by atoms with Crippen LogP contribution in [0.15, 0.2) is 42.7 Å². The normalized spacial score (nSPS) is 15.9. The van der Waals surface area contributed by atoms with Gasteiger partial charge in [-0.2, -0.15) is 5.10 Å². The minimum atomic E-state index is -1.37. The molecule has 0 spiro atoms. The predicted molar refractivity (Wildman–Crippen MR) is 135 cm³/mol. The summed E-state index contributed by atoms with van der Waals surface area (Å²) in [5, 5.41) is 25.0. The van der Waals surface area contributed by atoms with E-state index in [0.29, 0.717) is 66.7 Å². The first-order valence-corrected chi connectivity index (χ1v) is 12.1. The lowest BCUT2D eigenvalue weighted by atomic mass is 9.99. The van der Waals surface area contributed by atoms with Gasteiger partial charge in [-0.3, -0.25) is 9.58 Å². The molecule has 1 fully saturated rings. The number of anilines is 1. The molecule has 0 aliphatic carbocycles. The lowest BCUT2D eigenvalue weighted by molar-refractivity contribution is -0.0516. The predicted octanol–water partition coefficient (Wildman–Crippen LogP) is 2.83. The topological polar surface area (TPSA) is 103 Å². The van der Waals surface area contributed by atoms with Crippen molar-refractivity contribution in [2.45, 2.75) is 32.1 Å². The number of nitrogens with zero attached hydrogens (tertiary/aromatic N) is 7. The SMILES string of the molecule is Cn1cc(-c2nc3ccc(C(O)C(C)(C)O)nc3nc2N2CCN(Cc3ccc(F)cc3F)CC2)cn1. The Kier molecular flexibility index (Phi) is 6.61. The number of aliphatic hydroxyl groups excluding tert-OH is 1. The number of hydrogen-bond donors (Lipinski definition) is 2. The maximum Gasteiger partial charge on any atom is 0.180 e. The van der Waals surface area contributed by atoms with Gasteiger partial charge in [0.2, 0.25) is 0 Å². The summed E-state index contributed by atoms with van der Waals surface area (Å²) >= 11 is 0. The molecule has 0 bridgehead atoms. The number of fused-ring (bicyclic) bond motifs is 1. The van der Waals surface area contributed by atoms with Crippen molar-refractivity contribution in [3.63, 3.8) is 0 Å². The molecule has 4 aromatic rings. The lowest BCUT2D eigenvalue weighted by Gasteiger charge is -2.36. The highest BCUT2D eigenvalue weighted by Crippen LogP contribution is 2.31. The number of piperazine rings is 1. The van der Waals surface area contributed by atoms with Gasteiger partial charge in [0.1, 0.15) is 28.9 Å². The Balaban J connectivity index is 1.45. The number of aliphatic hydroxyl groups is 2. The average Bonchev–Trinajstić information content (AvgIpc) is 3.30. The summed E-state index contributed by atoms with van der Waals surface area (Å²) in [5.41, 5.74) is 1.78. The highest BCUT2D eigenvalue weighted by Gasteiger charge is 2.29. The number of hydrogen-bond acceptors (Lipinski definition) is 8. The van der Waals surface area contributed by atoms with E-state index in [-0.39, 0.29) is 0 Å². The molecule has 2 N–H and O–H groups in total. The van der Waals surface area contributed by atoms with Crippen molar-refractivity contribution < 1.29 is 19.0 Å². The fourth-order valence-electron chi connectivity index (χ4n) is 4.43. The van der Waals surface area contributed by atoms with Gasteiger partial charge in [0, 0.05) is 63.2 Å². The van der Waals surface area contributed by atoms with Crippen LogP contribution in [-0.2, 0) is 13.6 Å². The first kappa shape index (κ1) is 25.1. The Labute approximate surface area is 213 Å². The number of rotatable bonds is 6. The monoisotopic (exact) mass is 509 g/mol. The summed E-state index contributed by atoms with van der Waals surface area (Å²) in [7, 11) is 1.83. The smallest absolute Gasteiger partial charge is 0.180 e. The van der Waals surface area contributed by atoms with Crippen LogP contribution in [0.4, 0.5) is 14.6 Å². The molecule has 1 aliphatic rings. The highest BCUT2D eigenvalue weighted by molar-refractivity contribution is 5.81. The first-order valence-electron chi connectivity index (χ1n) is 12.1. The van der Waals surface area contributed by atoms with Gasteiger partial charge < -0.3 is 15.1 Å². The third-order valence-corrected chi connectivity index (χ3v) is 6.54. The van der Waals surface area contributed by atoms with Gasteiger partial charge in [-0.25, -0.2) is 23.7 Å². The van der Waals surface area contributed by atoms with E-state index >= 15 is 0 Å². The van der Waals surface area contributed by atoms with Gasteiger partial charge in [-0.15, -0.1) is 0 Å². The van der Waals surface area contributed by atoms with Crippen LogP contribution < -0.4 is 4.90 Å². The second-order valence-corrected chi connectivity index (χ2v) is 9.93. The van der Waals surface area contributed by atoms with E-state index in [9.17, 15) is 19.0 Å². The van der Waals surface area contributed by atoms with Gasteiger partial charge in [-0.1, -0.05) is 6.07 Å². The third-order valence-electron chi connectivity index (χ3n) is 6.54. The molecule has 11 heteroatoms. The van der Waals surface area contributed by atoms with Gasteiger partial charge in [0.15, 0.2) is 11.5 Å². The molecule has 1 saturated heterocycles. The van der Waals surface area contributed by atoms with E-state index in [2.05, 4.69) is 19.9 Å². The minimum Gasteiger partial charge on any atom is -0.387 e. The number of aryl methyl sites for hydroxylation is 1. The van der Waals surface area contributed by atoms with Gasteiger partial charge in [-0.05, 0) is 32.0 Å². The van der Waals surface area contributed by atoms with Crippen molar-refractivity contribution in [1.82, 2.24) is 29.6 Å². The summed E-state index contributed by atoms with van der Waals surface area (Å²) < 4.78 is 29.1. The summed E-state index contributed by atoms with van der Waals surface area (Å²) in [5.74, 6) is -0.497. The van der Waals surface area contributed by atoms with E-state index in [1.165, 1.54) is 26.0 Å². The number of benzene rings is 1. The second kappa shape index (κ2) is 9.73. The Morgan fingerprint density at radius 1 is 1.03 bits per heavy atom. The van der Waals surface area contributed by atoms with Crippen LogP contribution >= 0.6 is 0 Å². The molecule has 1 aliphatic heterocycles. The zero-order valence-electron chi connectivity index (χ0n) is 20.9. The van der Waals surface area contributed by atoms with E-state index in [0.717, 1.165) is 11.6 Å². The van der Waals surface area contributed by atoms with E-state index in [1.807, 2.05) is 13.2 Å². The zero-order chi connectivity index (χ0) is 26.3. The van der Waals surface area contributed by atoms with Crippen LogP contribution in [0.25, 0.3) is 22.4 Å². The Hall–Kier alpha value is -3.54. The number of halogens is 2. The van der Waals surface area contributed by atoms with E-state index in [4.69, 9.17) is 9.97 Å². The molecule has 0 radical (unpaired) electrons. The Morgan fingerprint density at radius 2 is 1.78 bits per heavy atom. The van der Waals surface area contributed by atoms with Crippen LogP contribution in [0.1, 0.15) is 31.2 Å². The van der Waals surface area contributed by atoms with Crippen LogP contribution in [0, 0.1) is 11.6 Å². The maximum absolute atomic E-state index is 14.2. The third kappa shape index (κ3) is 5.29. The van der Waals surface area contributed by atoms with Gasteiger partial charge >= 0.3 is 0 Å². The van der Waals surface area contributed by atoms with Crippen LogP contribution in [0.2, 0.25) is 0 Å². The molecule has 1 aromatic carbocycles. The molecule has 9 nitrogen and oxygen atoms in total. The zero-order valence-corrected chi connectivity index (χ0v) is 20.9.